The van der Waals surface area contributed by atoms with E-state index in [0.717, 1.165) is 5.56 Å². The van der Waals surface area contributed by atoms with E-state index < -0.39 is 4.92 Å². The van der Waals surface area contributed by atoms with Crippen molar-refractivity contribution in [1.82, 2.24) is 4.90 Å². The molecule has 1 aliphatic heterocycles. The zero-order valence-electron chi connectivity index (χ0n) is 20.0. The van der Waals surface area contributed by atoms with E-state index in [-0.39, 0.29) is 30.3 Å². The summed E-state index contributed by atoms with van der Waals surface area (Å²) in [6.45, 7) is 10.4. The molecule has 0 aromatic heterocycles. The van der Waals surface area contributed by atoms with E-state index in [1.165, 1.54) is 23.9 Å². The summed E-state index contributed by atoms with van der Waals surface area (Å²) in [6.07, 6.45) is 1.83. The first-order chi connectivity index (χ1) is 16.2. The van der Waals surface area contributed by atoms with Crippen LogP contribution in [0.15, 0.2) is 52.4 Å². The van der Waals surface area contributed by atoms with Gasteiger partial charge in [0.25, 0.3) is 11.6 Å². The van der Waals surface area contributed by atoms with Gasteiger partial charge in [0.2, 0.25) is 0 Å². The van der Waals surface area contributed by atoms with Crippen LogP contribution < -0.4 is 9.47 Å². The summed E-state index contributed by atoms with van der Waals surface area (Å²) in [5.74, 6) is 0.990. The molecule has 8 nitrogen and oxygen atoms in total. The van der Waals surface area contributed by atoms with E-state index in [4.69, 9.17) is 9.47 Å². The van der Waals surface area contributed by atoms with Gasteiger partial charge in [0, 0.05) is 24.2 Å². The summed E-state index contributed by atoms with van der Waals surface area (Å²) in [5, 5.41) is 11.7. The Bertz CT molecular complexity index is 1130. The Morgan fingerprint density at radius 3 is 2.53 bits per heavy atom. The van der Waals surface area contributed by atoms with Crippen LogP contribution in [0.1, 0.15) is 45.7 Å². The van der Waals surface area contributed by atoms with Crippen molar-refractivity contribution in [3.05, 3.63) is 68.6 Å². The Kier molecular flexibility index (Phi) is 8.33. The number of aliphatic imine (C=N–C) groups is 1. The number of non-ortho nitro benzene ring substituents is 1. The highest BCUT2D eigenvalue weighted by molar-refractivity contribution is 8.18. The van der Waals surface area contributed by atoms with E-state index in [1.54, 1.807) is 23.1 Å². The first-order valence-corrected chi connectivity index (χ1v) is 11.9. The van der Waals surface area contributed by atoms with Crippen LogP contribution in [0.4, 0.5) is 5.69 Å². The number of hydrogen-bond donors (Lipinski definition) is 0. The normalized spacial score (nSPS) is 16.2. The molecule has 0 N–H and O–H groups in total. The minimum absolute atomic E-state index is 0.00646. The minimum atomic E-state index is -0.433. The maximum atomic E-state index is 13.0. The first-order valence-electron chi connectivity index (χ1n) is 11.1. The van der Waals surface area contributed by atoms with Gasteiger partial charge < -0.3 is 9.47 Å². The zero-order chi connectivity index (χ0) is 24.8. The van der Waals surface area contributed by atoms with Gasteiger partial charge in [-0.15, -0.1) is 0 Å². The van der Waals surface area contributed by atoms with Crippen LogP contribution in [-0.2, 0) is 11.4 Å². The monoisotopic (exact) mass is 483 g/mol. The first kappa shape index (κ1) is 25.3. The molecule has 1 aliphatic rings. The van der Waals surface area contributed by atoms with Crippen LogP contribution in [0.25, 0.3) is 6.08 Å². The maximum absolute atomic E-state index is 13.0. The second-order valence-electron chi connectivity index (χ2n) is 8.24. The highest BCUT2D eigenvalue weighted by Crippen LogP contribution is 2.36. The van der Waals surface area contributed by atoms with E-state index in [2.05, 4.69) is 4.99 Å². The molecular weight excluding hydrogens is 454 g/mol. The smallest absolute Gasteiger partial charge is 0.269 e. The van der Waals surface area contributed by atoms with Crippen LogP contribution in [0.2, 0.25) is 0 Å². The number of benzene rings is 2. The molecule has 1 heterocycles. The molecule has 0 aliphatic carbocycles. The number of hydrogen-bond acceptors (Lipinski definition) is 7. The second-order valence-corrected chi connectivity index (χ2v) is 9.25. The lowest BCUT2D eigenvalue weighted by Crippen LogP contribution is -2.35. The van der Waals surface area contributed by atoms with Crippen LogP contribution in [0.5, 0.6) is 11.5 Å². The van der Waals surface area contributed by atoms with Gasteiger partial charge in [-0.25, -0.2) is 0 Å². The van der Waals surface area contributed by atoms with Crippen LogP contribution in [0.3, 0.4) is 0 Å². The van der Waals surface area contributed by atoms with Crippen molar-refractivity contribution in [1.29, 1.82) is 0 Å². The molecule has 0 spiro atoms. The standard InChI is InChI=1S/C25H29N3O5S/c1-6-32-22-13-18(14-23-24(29)27(17(4)5)25(34-23)26-16(2)3)10-11-21(22)33-15-19-8-7-9-20(12-19)28(30)31/h7-14,16-17H,6,15H2,1-5H3/b23-14+,26-25?. The van der Waals surface area contributed by atoms with Crippen LogP contribution in [0, 0.1) is 10.1 Å². The Labute approximate surface area is 203 Å². The van der Waals surface area contributed by atoms with Crippen molar-refractivity contribution >= 4 is 34.6 Å². The highest BCUT2D eigenvalue weighted by atomic mass is 32.2. The number of amides is 1. The molecule has 9 heteroatoms. The van der Waals surface area contributed by atoms with Crippen LogP contribution in [-0.4, -0.2) is 39.6 Å². The van der Waals surface area contributed by atoms with E-state index in [0.29, 0.717) is 33.7 Å². The fraction of sp³-hybridized carbons (Fsp3) is 0.360. The quantitative estimate of drug-likeness (QED) is 0.259. The molecule has 180 valence electrons. The SMILES string of the molecule is CCOc1cc(/C=C2/SC(=NC(C)C)N(C(C)C)C2=O)ccc1OCc1cccc([N+](=O)[O-])c1. The molecule has 2 aromatic carbocycles. The molecule has 3 rings (SSSR count). The number of carbonyl (C=O) groups excluding carboxylic acids is 1. The van der Waals surface area contributed by atoms with Gasteiger partial charge in [0.15, 0.2) is 16.7 Å². The van der Waals surface area contributed by atoms with E-state index in [9.17, 15) is 14.9 Å². The largest absolute Gasteiger partial charge is 0.490 e. The molecule has 0 saturated carbocycles. The van der Waals surface area contributed by atoms with Gasteiger partial charge in [-0.1, -0.05) is 18.2 Å². The Balaban J connectivity index is 1.84. The third-order valence-corrected chi connectivity index (χ3v) is 5.80. The summed E-state index contributed by atoms with van der Waals surface area (Å²) in [5.41, 5.74) is 1.50. The summed E-state index contributed by atoms with van der Waals surface area (Å²) in [4.78, 5) is 30.5. The topological polar surface area (TPSA) is 94.3 Å². The minimum Gasteiger partial charge on any atom is -0.490 e. The molecule has 0 unspecified atom stereocenters. The van der Waals surface area contributed by atoms with Gasteiger partial charge in [-0.05, 0) is 75.7 Å². The molecule has 34 heavy (non-hydrogen) atoms. The van der Waals surface area contributed by atoms with Crippen LogP contribution >= 0.6 is 11.8 Å². The van der Waals surface area contributed by atoms with E-state index >= 15 is 0 Å². The van der Waals surface area contributed by atoms with Gasteiger partial charge in [0.05, 0.1) is 16.4 Å². The predicted octanol–water partition coefficient (Wildman–Crippen LogP) is 5.66. The number of nitrogens with zero attached hydrogens (tertiary/aromatic N) is 3. The number of ether oxygens (including phenoxy) is 2. The number of nitro benzene ring substituents is 1. The lowest BCUT2D eigenvalue weighted by molar-refractivity contribution is -0.384. The van der Waals surface area contributed by atoms with Crippen molar-refractivity contribution in [3.8, 4) is 11.5 Å². The Hall–Kier alpha value is -3.33. The van der Waals surface area contributed by atoms with Crippen molar-refractivity contribution in [2.45, 2.75) is 53.3 Å². The number of rotatable bonds is 9. The number of thioether (sulfide) groups is 1. The molecule has 1 fully saturated rings. The summed E-state index contributed by atoms with van der Waals surface area (Å²) in [7, 11) is 0. The van der Waals surface area contributed by atoms with Crippen molar-refractivity contribution in [2.75, 3.05) is 6.61 Å². The molecule has 1 saturated heterocycles. The highest BCUT2D eigenvalue weighted by Gasteiger charge is 2.35. The third kappa shape index (κ3) is 6.17. The Morgan fingerprint density at radius 1 is 1.12 bits per heavy atom. The van der Waals surface area contributed by atoms with Gasteiger partial charge in [0.1, 0.15) is 6.61 Å². The number of amidine groups is 1. The number of nitro groups is 1. The van der Waals surface area contributed by atoms with Gasteiger partial charge in [-0.3, -0.25) is 24.8 Å². The lowest BCUT2D eigenvalue weighted by atomic mass is 10.1. The van der Waals surface area contributed by atoms with Crippen molar-refractivity contribution < 1.29 is 19.2 Å². The maximum Gasteiger partial charge on any atom is 0.269 e. The predicted molar refractivity (Wildman–Crippen MR) is 135 cm³/mol. The number of carbonyl (C=O) groups is 1. The van der Waals surface area contributed by atoms with Gasteiger partial charge in [-0.2, -0.15) is 0 Å². The average molecular weight is 484 g/mol. The zero-order valence-corrected chi connectivity index (χ0v) is 20.8. The molecular formula is C25H29N3O5S. The van der Waals surface area contributed by atoms with Gasteiger partial charge >= 0.3 is 0 Å². The third-order valence-electron chi connectivity index (χ3n) is 4.80. The summed E-state index contributed by atoms with van der Waals surface area (Å²) < 4.78 is 11.7. The van der Waals surface area contributed by atoms with Crippen molar-refractivity contribution in [3.63, 3.8) is 0 Å². The fourth-order valence-corrected chi connectivity index (χ4v) is 4.56. The molecule has 2 aromatic rings. The Morgan fingerprint density at radius 2 is 1.88 bits per heavy atom. The summed E-state index contributed by atoms with van der Waals surface area (Å²) in [6, 6.07) is 11.9. The van der Waals surface area contributed by atoms with Crippen molar-refractivity contribution in [2.24, 2.45) is 4.99 Å². The lowest BCUT2D eigenvalue weighted by Gasteiger charge is -2.20. The fourth-order valence-electron chi connectivity index (χ4n) is 3.33. The molecule has 1 amide bonds. The summed E-state index contributed by atoms with van der Waals surface area (Å²) >= 11 is 1.37. The molecule has 0 bridgehead atoms. The molecule has 0 atom stereocenters. The molecule has 0 radical (unpaired) electrons. The average Bonchev–Trinajstić information content (AvgIpc) is 3.07. The second kappa shape index (κ2) is 11.2. The van der Waals surface area contributed by atoms with E-state index in [1.807, 2.05) is 52.8 Å².